The predicted molar refractivity (Wildman–Crippen MR) is 118 cm³/mol. The molecule has 166 valence electrons. The van der Waals surface area contributed by atoms with Crippen LogP contribution in [0.15, 0.2) is 23.8 Å². The van der Waals surface area contributed by atoms with Crippen molar-refractivity contribution in [3.05, 3.63) is 35.1 Å². The molecule has 31 heavy (non-hydrogen) atoms. The molecule has 0 atom stereocenters. The zero-order valence-electron chi connectivity index (χ0n) is 16.8. The minimum atomic E-state index is -4.45. The van der Waals surface area contributed by atoms with E-state index in [4.69, 9.17) is 4.74 Å². The number of nitrogens with zero attached hydrogens (tertiary/aromatic N) is 4. The van der Waals surface area contributed by atoms with E-state index in [0.717, 1.165) is 79.7 Å². The van der Waals surface area contributed by atoms with Crippen LogP contribution in [0.2, 0.25) is 0 Å². The van der Waals surface area contributed by atoms with Gasteiger partial charge in [0, 0.05) is 47.9 Å². The predicted octanol–water partition coefficient (Wildman–Crippen LogP) is 5.23. The number of rotatable bonds is 3. The lowest BCUT2D eigenvalue weighted by Crippen LogP contribution is -2.44. The first-order chi connectivity index (χ1) is 14.9. The number of alkyl halides is 3. The molecular formula is C21H23F3N4OS2. The zero-order valence-corrected chi connectivity index (χ0v) is 18.5. The maximum Gasteiger partial charge on any atom is 0.434 e. The highest BCUT2D eigenvalue weighted by atomic mass is 32.1. The summed E-state index contributed by atoms with van der Waals surface area (Å²) in [6, 6.07) is 2.68. The highest BCUT2D eigenvalue weighted by molar-refractivity contribution is 7.78. The first-order valence-electron chi connectivity index (χ1n) is 10.5. The van der Waals surface area contributed by atoms with Crippen LogP contribution in [0.5, 0.6) is 0 Å². The standard InChI is InChI=1S/C21H23F3N4OS2/c22-21(23,24)18-12-31-20(26-18)17-11-28(30)19-16(17)9-14(10-25-19)13-1-3-15(4-2-13)27-5-7-29-8-6-27/h9-13,15,30H,1-8H2/t13-,15-. The Morgan fingerprint density at radius 2 is 1.87 bits per heavy atom. The van der Waals surface area contributed by atoms with Gasteiger partial charge in [0.05, 0.1) is 13.2 Å². The van der Waals surface area contributed by atoms with Gasteiger partial charge in [0.1, 0.15) is 10.7 Å². The second-order valence-electron chi connectivity index (χ2n) is 8.22. The van der Waals surface area contributed by atoms with E-state index in [-0.39, 0.29) is 0 Å². The molecule has 1 saturated carbocycles. The molecule has 5 rings (SSSR count). The molecule has 5 nitrogen and oxygen atoms in total. The molecule has 2 aliphatic rings. The van der Waals surface area contributed by atoms with Crippen molar-refractivity contribution in [3.8, 4) is 10.6 Å². The van der Waals surface area contributed by atoms with Gasteiger partial charge in [-0.15, -0.1) is 11.3 Å². The highest BCUT2D eigenvalue weighted by Gasteiger charge is 2.34. The first kappa shape index (κ1) is 21.2. The van der Waals surface area contributed by atoms with Gasteiger partial charge >= 0.3 is 6.18 Å². The average Bonchev–Trinajstić information content (AvgIpc) is 3.39. The number of thiazole rings is 1. The molecule has 0 amide bonds. The second kappa shape index (κ2) is 8.38. The van der Waals surface area contributed by atoms with Crippen LogP contribution in [-0.2, 0) is 10.9 Å². The van der Waals surface area contributed by atoms with Crippen molar-refractivity contribution in [3.63, 3.8) is 0 Å². The molecule has 2 fully saturated rings. The van der Waals surface area contributed by atoms with Crippen molar-refractivity contribution in [2.75, 3.05) is 26.3 Å². The SMILES string of the molecule is FC(F)(F)c1csc(-c2cn(S)c3ncc([C@H]4CC[C@H](N5CCOCC5)CC4)cc23)n1. The van der Waals surface area contributed by atoms with Crippen LogP contribution in [0, 0.1) is 0 Å². The number of hydrogen-bond acceptors (Lipinski definition) is 6. The van der Waals surface area contributed by atoms with Crippen LogP contribution >= 0.6 is 24.2 Å². The Balaban J connectivity index is 1.39. The van der Waals surface area contributed by atoms with Gasteiger partial charge in [-0.05, 0) is 43.2 Å². The van der Waals surface area contributed by atoms with Gasteiger partial charge in [-0.1, -0.05) is 12.8 Å². The fraction of sp³-hybridized carbons (Fsp3) is 0.524. The molecule has 0 radical (unpaired) electrons. The zero-order chi connectivity index (χ0) is 21.6. The topological polar surface area (TPSA) is 43.2 Å². The second-order valence-corrected chi connectivity index (χ2v) is 9.51. The highest BCUT2D eigenvalue weighted by Crippen LogP contribution is 2.40. The third-order valence-corrected chi connectivity index (χ3v) is 7.58. The molecule has 0 N–H and O–H groups in total. The molecule has 4 heterocycles. The fourth-order valence-electron chi connectivity index (χ4n) is 4.75. The number of ether oxygens (including phenoxy) is 1. The van der Waals surface area contributed by atoms with Crippen molar-refractivity contribution in [1.82, 2.24) is 18.8 Å². The van der Waals surface area contributed by atoms with Crippen molar-refractivity contribution >= 4 is 35.2 Å². The van der Waals surface area contributed by atoms with E-state index >= 15 is 0 Å². The maximum absolute atomic E-state index is 13.0. The summed E-state index contributed by atoms with van der Waals surface area (Å²) in [7, 11) is 0. The van der Waals surface area contributed by atoms with Crippen LogP contribution in [0.25, 0.3) is 21.6 Å². The molecular weight excluding hydrogens is 445 g/mol. The summed E-state index contributed by atoms with van der Waals surface area (Å²) in [6.07, 6.45) is 3.59. The summed E-state index contributed by atoms with van der Waals surface area (Å²) < 4.78 is 46.1. The third-order valence-electron chi connectivity index (χ3n) is 6.40. The van der Waals surface area contributed by atoms with E-state index in [1.165, 1.54) is 0 Å². The number of aromatic nitrogens is 3. The van der Waals surface area contributed by atoms with E-state index in [1.807, 2.05) is 6.20 Å². The largest absolute Gasteiger partial charge is 0.434 e. The number of halogens is 3. The van der Waals surface area contributed by atoms with Crippen LogP contribution in [-0.4, -0.2) is 51.2 Å². The summed E-state index contributed by atoms with van der Waals surface area (Å²) in [5.74, 6) is 0.410. The monoisotopic (exact) mass is 468 g/mol. The minimum Gasteiger partial charge on any atom is -0.379 e. The Kier molecular flexibility index (Phi) is 5.74. The molecule has 3 aromatic rings. The lowest BCUT2D eigenvalue weighted by Gasteiger charge is -2.38. The van der Waals surface area contributed by atoms with Gasteiger partial charge in [0.2, 0.25) is 0 Å². The summed E-state index contributed by atoms with van der Waals surface area (Å²) in [4.78, 5) is 10.9. The molecule has 0 bridgehead atoms. The van der Waals surface area contributed by atoms with Gasteiger partial charge < -0.3 is 4.74 Å². The molecule has 3 aromatic heterocycles. The molecule has 1 aliphatic heterocycles. The first-order valence-corrected chi connectivity index (χ1v) is 11.7. The Bertz CT molecular complexity index is 1070. The minimum absolute atomic E-state index is 0.333. The number of thiol groups is 1. The van der Waals surface area contributed by atoms with E-state index in [0.29, 0.717) is 28.2 Å². The summed E-state index contributed by atoms with van der Waals surface area (Å²) in [5.41, 5.74) is 1.55. The molecule has 1 saturated heterocycles. The van der Waals surface area contributed by atoms with Crippen molar-refractivity contribution < 1.29 is 17.9 Å². The molecule has 1 aliphatic carbocycles. The molecule has 0 aromatic carbocycles. The van der Waals surface area contributed by atoms with Gasteiger partial charge in [0.15, 0.2) is 5.69 Å². The summed E-state index contributed by atoms with van der Waals surface area (Å²) in [6.45, 7) is 3.65. The molecule has 10 heteroatoms. The quantitative estimate of drug-likeness (QED) is 0.535. The number of morpholine rings is 1. The van der Waals surface area contributed by atoms with Gasteiger partial charge in [-0.25, -0.2) is 9.97 Å². The lowest BCUT2D eigenvalue weighted by molar-refractivity contribution is -0.140. The Morgan fingerprint density at radius 3 is 2.55 bits per heavy atom. The van der Waals surface area contributed by atoms with Crippen LogP contribution in [0.1, 0.15) is 42.9 Å². The van der Waals surface area contributed by atoms with E-state index in [1.54, 1.807) is 10.2 Å². The third kappa shape index (κ3) is 4.22. The number of fused-ring (bicyclic) bond motifs is 1. The normalized spacial score (nSPS) is 23.5. The van der Waals surface area contributed by atoms with Gasteiger partial charge in [-0.3, -0.25) is 8.87 Å². The van der Waals surface area contributed by atoms with Gasteiger partial charge in [-0.2, -0.15) is 13.2 Å². The average molecular weight is 469 g/mol. The van der Waals surface area contributed by atoms with Crippen LogP contribution < -0.4 is 0 Å². The number of pyridine rings is 1. The maximum atomic E-state index is 13.0. The Morgan fingerprint density at radius 1 is 1.13 bits per heavy atom. The van der Waals surface area contributed by atoms with Crippen LogP contribution in [0.4, 0.5) is 13.2 Å². The van der Waals surface area contributed by atoms with Crippen molar-refractivity contribution in [2.45, 2.75) is 43.8 Å². The Hall–Kier alpha value is -1.62. The van der Waals surface area contributed by atoms with Gasteiger partial charge in [0.25, 0.3) is 0 Å². The van der Waals surface area contributed by atoms with E-state index < -0.39 is 11.9 Å². The molecule has 0 spiro atoms. The van der Waals surface area contributed by atoms with Crippen LogP contribution in [0.3, 0.4) is 0 Å². The van der Waals surface area contributed by atoms with Crippen molar-refractivity contribution in [2.24, 2.45) is 0 Å². The summed E-state index contributed by atoms with van der Waals surface area (Å²) >= 11 is 5.40. The number of hydrogen-bond donors (Lipinski definition) is 1. The Labute approximate surface area is 187 Å². The summed E-state index contributed by atoms with van der Waals surface area (Å²) in [5, 5.41) is 2.19. The fourth-order valence-corrected chi connectivity index (χ4v) is 5.87. The smallest absolute Gasteiger partial charge is 0.379 e. The van der Waals surface area contributed by atoms with Crippen molar-refractivity contribution in [1.29, 1.82) is 0 Å². The van der Waals surface area contributed by atoms with E-state index in [2.05, 4.69) is 33.7 Å². The van der Waals surface area contributed by atoms with E-state index in [9.17, 15) is 13.2 Å². The molecule has 0 unspecified atom stereocenters. The lowest BCUT2D eigenvalue weighted by atomic mass is 9.81.